The van der Waals surface area contributed by atoms with E-state index in [0.717, 1.165) is 20.4 Å². The lowest BCUT2D eigenvalue weighted by Crippen LogP contribution is -2.20. The van der Waals surface area contributed by atoms with E-state index < -0.39 is 0 Å². The zero-order valence-electron chi connectivity index (χ0n) is 18.5. The van der Waals surface area contributed by atoms with Gasteiger partial charge in [-0.15, -0.1) is 0 Å². The summed E-state index contributed by atoms with van der Waals surface area (Å²) in [4.78, 5) is 24.5. The van der Waals surface area contributed by atoms with Crippen molar-refractivity contribution in [2.45, 2.75) is 13.8 Å². The van der Waals surface area contributed by atoms with Crippen LogP contribution in [0.25, 0.3) is 0 Å². The Kier molecular flexibility index (Phi) is 8.42. The van der Waals surface area contributed by atoms with Crippen LogP contribution in [0.3, 0.4) is 0 Å². The van der Waals surface area contributed by atoms with Crippen LogP contribution in [-0.4, -0.2) is 31.7 Å². The number of rotatable bonds is 8. The van der Waals surface area contributed by atoms with Crippen molar-refractivity contribution < 1.29 is 19.1 Å². The fourth-order valence-corrected chi connectivity index (χ4v) is 3.44. The number of nitrogens with one attached hydrogen (secondary N) is 2. The van der Waals surface area contributed by atoms with E-state index in [1.807, 2.05) is 38.1 Å². The van der Waals surface area contributed by atoms with Gasteiger partial charge in [0.15, 0.2) is 6.61 Å². The van der Waals surface area contributed by atoms with Crippen LogP contribution in [0.4, 0.5) is 5.69 Å². The summed E-state index contributed by atoms with van der Waals surface area (Å²) in [5, 5.41) is 6.82. The molecule has 0 spiro atoms. The number of hydrogen-bond donors (Lipinski definition) is 2. The molecule has 33 heavy (non-hydrogen) atoms. The van der Waals surface area contributed by atoms with Gasteiger partial charge in [-0.1, -0.05) is 18.2 Å². The first kappa shape index (κ1) is 24.2. The number of halogens is 1. The van der Waals surface area contributed by atoms with Crippen LogP contribution >= 0.6 is 22.6 Å². The van der Waals surface area contributed by atoms with Crippen LogP contribution in [0.1, 0.15) is 27.0 Å². The Morgan fingerprint density at radius 1 is 1.03 bits per heavy atom. The normalized spacial score (nSPS) is 10.7. The number of carbonyl (C=O) groups excluding carboxylic acids is 2. The summed E-state index contributed by atoms with van der Waals surface area (Å²) < 4.78 is 11.7. The second-order valence-electron chi connectivity index (χ2n) is 7.26. The highest BCUT2D eigenvalue weighted by Crippen LogP contribution is 2.21. The van der Waals surface area contributed by atoms with E-state index in [0.29, 0.717) is 22.6 Å². The molecular weight excluding hydrogens is 533 g/mol. The van der Waals surface area contributed by atoms with Crippen molar-refractivity contribution in [2.24, 2.45) is 5.10 Å². The van der Waals surface area contributed by atoms with Gasteiger partial charge >= 0.3 is 0 Å². The first-order valence-corrected chi connectivity index (χ1v) is 11.2. The van der Waals surface area contributed by atoms with E-state index in [-0.39, 0.29) is 18.4 Å². The quantitative estimate of drug-likeness (QED) is 0.239. The number of hydrogen-bond acceptors (Lipinski definition) is 5. The molecule has 0 aliphatic rings. The highest BCUT2D eigenvalue weighted by molar-refractivity contribution is 14.1. The van der Waals surface area contributed by atoms with Crippen molar-refractivity contribution in [1.82, 2.24) is 5.43 Å². The van der Waals surface area contributed by atoms with E-state index in [2.05, 4.69) is 38.4 Å². The molecule has 3 aromatic carbocycles. The van der Waals surface area contributed by atoms with Gasteiger partial charge in [-0.3, -0.25) is 9.59 Å². The number of hydrazone groups is 1. The highest BCUT2D eigenvalue weighted by atomic mass is 127. The highest BCUT2D eigenvalue weighted by Gasteiger charge is 2.08. The molecule has 0 heterocycles. The van der Waals surface area contributed by atoms with Gasteiger partial charge in [0, 0.05) is 11.3 Å². The van der Waals surface area contributed by atoms with Crippen LogP contribution in [0.2, 0.25) is 0 Å². The van der Waals surface area contributed by atoms with Crippen LogP contribution < -0.4 is 20.2 Å². The predicted molar refractivity (Wildman–Crippen MR) is 137 cm³/mol. The minimum Gasteiger partial charge on any atom is -0.496 e. The summed E-state index contributed by atoms with van der Waals surface area (Å²) in [7, 11) is 1.56. The fourth-order valence-electron chi connectivity index (χ4n) is 2.88. The Morgan fingerprint density at radius 2 is 1.85 bits per heavy atom. The lowest BCUT2D eigenvalue weighted by Gasteiger charge is -2.09. The molecule has 0 atom stereocenters. The van der Waals surface area contributed by atoms with Crippen molar-refractivity contribution >= 4 is 46.3 Å². The van der Waals surface area contributed by atoms with Gasteiger partial charge in [-0.05, 0) is 95.6 Å². The summed E-state index contributed by atoms with van der Waals surface area (Å²) in [6.07, 6.45) is 1.50. The minimum absolute atomic E-state index is 0.126. The Bertz CT molecular complexity index is 1190. The van der Waals surface area contributed by atoms with Crippen molar-refractivity contribution in [3.05, 3.63) is 86.5 Å². The van der Waals surface area contributed by atoms with Gasteiger partial charge in [0.05, 0.1) is 16.9 Å². The third-order valence-electron chi connectivity index (χ3n) is 4.81. The van der Waals surface area contributed by atoms with Crippen LogP contribution in [0.5, 0.6) is 11.5 Å². The molecular formula is C25H24IN3O4. The van der Waals surface area contributed by atoms with E-state index in [1.165, 1.54) is 6.21 Å². The molecule has 7 nitrogen and oxygen atoms in total. The number of benzene rings is 3. The summed E-state index contributed by atoms with van der Waals surface area (Å²) in [6.45, 7) is 3.89. The van der Waals surface area contributed by atoms with Crippen molar-refractivity contribution in [3.8, 4) is 11.5 Å². The Labute approximate surface area is 206 Å². The molecule has 0 aliphatic carbocycles. The van der Waals surface area contributed by atoms with Gasteiger partial charge in [0.2, 0.25) is 0 Å². The fraction of sp³-hybridized carbons (Fsp3) is 0.160. The molecule has 170 valence electrons. The lowest BCUT2D eigenvalue weighted by molar-refractivity contribution is -0.118. The SMILES string of the molecule is COc1cc(C(=O)N/N=C/c2cccc(OCC(=O)Nc3ccc(C)c(C)c3)c2)ccc1I. The van der Waals surface area contributed by atoms with E-state index in [4.69, 9.17) is 9.47 Å². The van der Waals surface area contributed by atoms with Gasteiger partial charge in [-0.25, -0.2) is 5.43 Å². The largest absolute Gasteiger partial charge is 0.496 e. The maximum atomic E-state index is 12.3. The van der Waals surface area contributed by atoms with Crippen molar-refractivity contribution in [3.63, 3.8) is 0 Å². The van der Waals surface area contributed by atoms with Crippen molar-refractivity contribution in [1.29, 1.82) is 0 Å². The summed E-state index contributed by atoms with van der Waals surface area (Å²) in [5.41, 5.74) is 6.64. The molecule has 3 rings (SSSR count). The number of methoxy groups -OCH3 is 1. The lowest BCUT2D eigenvalue weighted by atomic mass is 10.1. The third-order valence-corrected chi connectivity index (χ3v) is 5.70. The molecule has 3 aromatic rings. The Morgan fingerprint density at radius 3 is 2.61 bits per heavy atom. The molecule has 0 radical (unpaired) electrons. The number of nitrogens with zero attached hydrogens (tertiary/aromatic N) is 1. The first-order valence-electron chi connectivity index (χ1n) is 10.1. The molecule has 0 fully saturated rings. The monoisotopic (exact) mass is 557 g/mol. The number of aryl methyl sites for hydroxylation is 2. The zero-order chi connectivity index (χ0) is 23.8. The minimum atomic E-state index is -0.351. The van der Waals surface area contributed by atoms with Gasteiger partial charge in [0.1, 0.15) is 11.5 Å². The average Bonchev–Trinajstić information content (AvgIpc) is 2.80. The standard InChI is InChI=1S/C25H24IN3O4/c1-16-7-9-20(11-17(16)2)28-24(30)15-33-21-6-4-5-18(12-21)14-27-29-25(31)19-8-10-22(26)23(13-19)32-3/h4-14H,15H2,1-3H3,(H,28,30)(H,29,31)/b27-14+. The second-order valence-corrected chi connectivity index (χ2v) is 8.42. The molecule has 0 saturated heterocycles. The molecule has 2 amide bonds. The number of anilines is 1. The smallest absolute Gasteiger partial charge is 0.271 e. The Hall–Kier alpha value is -3.40. The van der Waals surface area contributed by atoms with Gasteiger partial charge in [0.25, 0.3) is 11.8 Å². The summed E-state index contributed by atoms with van der Waals surface area (Å²) in [6, 6.07) is 18.0. The molecule has 0 bridgehead atoms. The summed E-state index contributed by atoms with van der Waals surface area (Å²) in [5.74, 6) is 0.537. The molecule has 0 aromatic heterocycles. The van der Waals surface area contributed by atoms with E-state index in [1.54, 1.807) is 43.5 Å². The Balaban J connectivity index is 1.53. The second kappa shape index (κ2) is 11.5. The maximum absolute atomic E-state index is 12.3. The van der Waals surface area contributed by atoms with Crippen LogP contribution in [-0.2, 0) is 4.79 Å². The van der Waals surface area contributed by atoms with E-state index >= 15 is 0 Å². The number of amides is 2. The summed E-state index contributed by atoms with van der Waals surface area (Å²) >= 11 is 2.13. The third kappa shape index (κ3) is 7.04. The molecule has 0 saturated carbocycles. The van der Waals surface area contributed by atoms with Crippen molar-refractivity contribution in [2.75, 3.05) is 19.0 Å². The number of carbonyl (C=O) groups is 2. The first-order chi connectivity index (χ1) is 15.9. The predicted octanol–water partition coefficient (Wildman–Crippen LogP) is 4.70. The van der Waals surface area contributed by atoms with Crippen LogP contribution in [0.15, 0.2) is 65.8 Å². The topological polar surface area (TPSA) is 89.0 Å². The molecule has 0 unspecified atom stereocenters. The van der Waals surface area contributed by atoms with Gasteiger partial charge < -0.3 is 14.8 Å². The van der Waals surface area contributed by atoms with Gasteiger partial charge in [-0.2, -0.15) is 5.10 Å². The zero-order valence-corrected chi connectivity index (χ0v) is 20.7. The average molecular weight is 557 g/mol. The molecule has 0 aliphatic heterocycles. The number of ether oxygens (including phenoxy) is 2. The van der Waals surface area contributed by atoms with Crippen LogP contribution in [0, 0.1) is 17.4 Å². The molecule has 2 N–H and O–H groups in total. The molecule has 8 heteroatoms. The van der Waals surface area contributed by atoms with E-state index in [9.17, 15) is 9.59 Å². The maximum Gasteiger partial charge on any atom is 0.271 e.